The average molecular weight is 342 g/mol. The fraction of sp³-hybridized carbons (Fsp3) is 0.562. The number of rotatable bonds is 11. The van der Waals surface area contributed by atoms with Gasteiger partial charge in [0.1, 0.15) is 12.1 Å². The Balaban J connectivity index is 2.72. The largest absolute Gasteiger partial charge is 0.371 e. The van der Waals surface area contributed by atoms with Crippen LogP contribution in [0.5, 0.6) is 0 Å². The van der Waals surface area contributed by atoms with Crippen LogP contribution in [0.4, 0.5) is 5.69 Å². The third kappa shape index (κ3) is 7.75. The van der Waals surface area contributed by atoms with Gasteiger partial charge in [0.25, 0.3) is 0 Å². The third-order valence-corrected chi connectivity index (χ3v) is 4.81. The molecule has 0 aliphatic heterocycles. The highest BCUT2D eigenvalue weighted by molar-refractivity contribution is 7.52. The van der Waals surface area contributed by atoms with Crippen molar-refractivity contribution >= 4 is 19.6 Å². The Morgan fingerprint density at radius 1 is 1.30 bits per heavy atom. The summed E-state index contributed by atoms with van der Waals surface area (Å²) in [4.78, 5) is 29.5. The topological polar surface area (TPSA) is 113 Å². The number of aryl methyl sites for hydroxylation is 1. The smallest absolute Gasteiger partial charge is 0.347 e. The van der Waals surface area contributed by atoms with E-state index in [9.17, 15) is 19.1 Å². The van der Waals surface area contributed by atoms with Crippen molar-refractivity contribution in [3.05, 3.63) is 29.8 Å². The molecule has 5 N–H and O–H groups in total. The van der Waals surface area contributed by atoms with Crippen LogP contribution in [-0.4, -0.2) is 27.9 Å². The van der Waals surface area contributed by atoms with E-state index in [2.05, 4.69) is 12.2 Å². The van der Waals surface area contributed by atoms with Gasteiger partial charge in [-0.3, -0.25) is 4.57 Å². The molecule has 1 aromatic carbocycles. The first-order valence-corrected chi connectivity index (χ1v) is 9.66. The molecule has 0 radical (unpaired) electrons. The van der Waals surface area contributed by atoms with E-state index in [0.29, 0.717) is 12.0 Å². The first-order chi connectivity index (χ1) is 10.9. The van der Waals surface area contributed by atoms with Crippen LogP contribution in [-0.2, 0) is 15.8 Å². The fourth-order valence-electron chi connectivity index (χ4n) is 2.36. The quantitative estimate of drug-likeness (QED) is 0.279. The van der Waals surface area contributed by atoms with Crippen molar-refractivity contribution < 1.29 is 19.1 Å². The van der Waals surface area contributed by atoms with E-state index in [4.69, 9.17) is 5.73 Å². The number of benzene rings is 1. The van der Waals surface area contributed by atoms with Gasteiger partial charge < -0.3 is 25.6 Å². The summed E-state index contributed by atoms with van der Waals surface area (Å²) >= 11 is 0. The van der Waals surface area contributed by atoms with Crippen molar-refractivity contribution in [1.29, 1.82) is 0 Å². The zero-order chi connectivity index (χ0) is 17.3. The number of unbranched alkanes of at least 4 members (excludes halogenated alkanes) is 3. The summed E-state index contributed by atoms with van der Waals surface area (Å²) < 4.78 is 11.6. The maximum Gasteiger partial charge on any atom is 0.347 e. The predicted molar refractivity (Wildman–Crippen MR) is 92.4 cm³/mol. The van der Waals surface area contributed by atoms with E-state index >= 15 is 0 Å². The van der Waals surface area contributed by atoms with Gasteiger partial charge in [0.05, 0.1) is 6.04 Å². The maximum atomic E-state index is 11.6. The standard InChI is InChI=1S/C16H27N2O4P/c1-2-3-4-5-7-13-8-6-9-15(10-13)18-16(23(20,21)22)11-14(17)12-19/h6,8-10,12,14,16,18H,2-5,7,11,17H2,1H3,(H2,20,21,22)/t14?,16-/m1/s1. The second-order valence-corrected chi connectivity index (χ2v) is 7.60. The fourth-order valence-corrected chi connectivity index (χ4v) is 3.19. The first-order valence-electron chi connectivity index (χ1n) is 7.98. The number of carbonyl (C=O) groups is 1. The summed E-state index contributed by atoms with van der Waals surface area (Å²) in [6.45, 7) is 2.16. The monoisotopic (exact) mass is 342 g/mol. The van der Waals surface area contributed by atoms with E-state index in [1.165, 1.54) is 19.3 Å². The summed E-state index contributed by atoms with van der Waals surface area (Å²) in [5, 5.41) is 2.82. The third-order valence-electron chi connectivity index (χ3n) is 3.66. The molecule has 0 fully saturated rings. The maximum absolute atomic E-state index is 11.6. The second-order valence-electron chi connectivity index (χ2n) is 5.80. The van der Waals surface area contributed by atoms with Gasteiger partial charge in [0.2, 0.25) is 0 Å². The number of anilines is 1. The molecule has 1 aromatic rings. The van der Waals surface area contributed by atoms with Crippen LogP contribution in [0.15, 0.2) is 24.3 Å². The van der Waals surface area contributed by atoms with E-state index in [1.807, 2.05) is 18.2 Å². The molecule has 1 rings (SSSR count). The summed E-state index contributed by atoms with van der Waals surface area (Å²) in [5.41, 5.74) is 7.25. The Morgan fingerprint density at radius 2 is 2.04 bits per heavy atom. The lowest BCUT2D eigenvalue weighted by atomic mass is 10.1. The van der Waals surface area contributed by atoms with Crippen LogP contribution in [0.3, 0.4) is 0 Å². The Morgan fingerprint density at radius 3 is 2.65 bits per heavy atom. The molecule has 0 saturated carbocycles. The number of nitrogens with one attached hydrogen (secondary N) is 1. The normalized spacial score (nSPS) is 14.3. The molecule has 0 aromatic heterocycles. The van der Waals surface area contributed by atoms with Crippen LogP contribution in [0.1, 0.15) is 44.6 Å². The molecule has 23 heavy (non-hydrogen) atoms. The molecule has 0 aliphatic carbocycles. The van der Waals surface area contributed by atoms with Gasteiger partial charge in [-0.25, -0.2) is 0 Å². The molecule has 0 spiro atoms. The highest BCUT2D eigenvalue weighted by Gasteiger charge is 2.30. The van der Waals surface area contributed by atoms with Gasteiger partial charge in [-0.05, 0) is 30.5 Å². The minimum atomic E-state index is -4.40. The number of hydrogen-bond acceptors (Lipinski definition) is 4. The average Bonchev–Trinajstić information content (AvgIpc) is 2.50. The molecule has 6 nitrogen and oxygen atoms in total. The lowest BCUT2D eigenvalue weighted by Crippen LogP contribution is -2.31. The molecule has 1 unspecified atom stereocenters. The van der Waals surface area contributed by atoms with Gasteiger partial charge in [0, 0.05) is 12.1 Å². The van der Waals surface area contributed by atoms with Crippen LogP contribution >= 0.6 is 7.60 Å². The van der Waals surface area contributed by atoms with Crippen LogP contribution in [0, 0.1) is 0 Å². The van der Waals surface area contributed by atoms with Crippen molar-refractivity contribution in [2.45, 2.75) is 57.3 Å². The molecule has 0 heterocycles. The van der Waals surface area contributed by atoms with Crippen molar-refractivity contribution in [1.82, 2.24) is 0 Å². The Bertz CT molecular complexity index is 533. The van der Waals surface area contributed by atoms with E-state index < -0.39 is 19.4 Å². The predicted octanol–water partition coefficient (Wildman–Crippen LogP) is 2.64. The lowest BCUT2D eigenvalue weighted by Gasteiger charge is -2.22. The lowest BCUT2D eigenvalue weighted by molar-refractivity contribution is -0.109. The Hall–Kier alpha value is -1.20. The molecule has 0 aliphatic rings. The van der Waals surface area contributed by atoms with Crippen molar-refractivity contribution in [3.8, 4) is 0 Å². The molecule has 0 bridgehead atoms. The molecule has 0 saturated heterocycles. The molecule has 0 amide bonds. The van der Waals surface area contributed by atoms with Crippen molar-refractivity contribution in [2.75, 3.05) is 5.32 Å². The minimum Gasteiger partial charge on any atom is -0.371 e. The van der Waals surface area contributed by atoms with E-state index in [0.717, 1.165) is 18.4 Å². The minimum absolute atomic E-state index is 0.117. The number of aldehydes is 1. The molecular weight excluding hydrogens is 315 g/mol. The molecule has 7 heteroatoms. The SMILES string of the molecule is CCCCCCc1cccc(N[C@@H](CC(N)C=O)P(=O)(O)O)c1. The van der Waals surface area contributed by atoms with Gasteiger partial charge in [-0.1, -0.05) is 38.3 Å². The second kappa shape index (κ2) is 9.83. The van der Waals surface area contributed by atoms with Crippen LogP contribution in [0.25, 0.3) is 0 Å². The van der Waals surface area contributed by atoms with Gasteiger partial charge in [0.15, 0.2) is 0 Å². The van der Waals surface area contributed by atoms with Crippen molar-refractivity contribution in [2.24, 2.45) is 5.73 Å². The number of hydrogen-bond donors (Lipinski definition) is 4. The molecule has 130 valence electrons. The summed E-state index contributed by atoms with van der Waals surface area (Å²) in [7, 11) is -4.40. The summed E-state index contributed by atoms with van der Waals surface area (Å²) in [5.74, 6) is -1.17. The van der Waals surface area contributed by atoms with Crippen LogP contribution < -0.4 is 11.1 Å². The Kier molecular flexibility index (Phi) is 8.48. The van der Waals surface area contributed by atoms with Gasteiger partial charge in [-0.15, -0.1) is 0 Å². The highest BCUT2D eigenvalue weighted by atomic mass is 31.2. The van der Waals surface area contributed by atoms with E-state index in [-0.39, 0.29) is 6.42 Å². The highest BCUT2D eigenvalue weighted by Crippen LogP contribution is 2.43. The summed E-state index contributed by atoms with van der Waals surface area (Å²) in [6.07, 6.45) is 5.97. The number of carbonyl (C=O) groups excluding carboxylic acids is 1. The zero-order valence-corrected chi connectivity index (χ0v) is 14.4. The number of nitrogens with two attached hydrogens (primary N) is 1. The first kappa shape index (κ1) is 19.8. The Labute approximate surface area is 137 Å². The van der Waals surface area contributed by atoms with Crippen LogP contribution in [0.2, 0.25) is 0 Å². The van der Waals surface area contributed by atoms with Gasteiger partial charge in [-0.2, -0.15) is 0 Å². The van der Waals surface area contributed by atoms with E-state index in [1.54, 1.807) is 6.07 Å². The molecule has 2 atom stereocenters. The van der Waals surface area contributed by atoms with Crippen molar-refractivity contribution in [3.63, 3.8) is 0 Å². The molecular formula is C16H27N2O4P. The zero-order valence-electron chi connectivity index (χ0n) is 13.5. The van der Waals surface area contributed by atoms with Gasteiger partial charge >= 0.3 is 7.60 Å². The summed E-state index contributed by atoms with van der Waals surface area (Å²) in [6, 6.07) is 6.60.